The molecule has 3 heteroatoms. The van der Waals surface area contributed by atoms with Gasteiger partial charge in [0.05, 0.1) is 18.2 Å². The standard InChI is InChI=1S/C21H18N2O/c1-16-2-8-19(9-3-16)23(20-10-4-17(14-22)5-11-20)21-12-6-18(15-24)7-13-21/h2-13,24H,15H2,1H3. The van der Waals surface area contributed by atoms with E-state index in [0.29, 0.717) is 5.56 Å². The summed E-state index contributed by atoms with van der Waals surface area (Å²) in [6.07, 6.45) is 0. The fourth-order valence-corrected chi connectivity index (χ4v) is 2.58. The molecule has 3 aromatic rings. The van der Waals surface area contributed by atoms with Crippen LogP contribution in [0.25, 0.3) is 0 Å². The van der Waals surface area contributed by atoms with Crippen LogP contribution in [0.15, 0.2) is 72.8 Å². The number of aliphatic hydroxyl groups excluding tert-OH is 1. The van der Waals surface area contributed by atoms with Crippen LogP contribution in [0.4, 0.5) is 17.1 Å². The van der Waals surface area contributed by atoms with Crippen LogP contribution in [-0.2, 0) is 6.61 Å². The zero-order valence-electron chi connectivity index (χ0n) is 13.5. The number of nitrogens with zero attached hydrogens (tertiary/aromatic N) is 2. The second-order valence-corrected chi connectivity index (χ2v) is 5.65. The lowest BCUT2D eigenvalue weighted by atomic mass is 10.1. The van der Waals surface area contributed by atoms with Gasteiger partial charge >= 0.3 is 0 Å². The van der Waals surface area contributed by atoms with E-state index in [-0.39, 0.29) is 6.61 Å². The van der Waals surface area contributed by atoms with Crippen LogP contribution >= 0.6 is 0 Å². The predicted octanol–water partition coefficient (Wildman–Crippen LogP) is 4.83. The molecule has 3 aromatic carbocycles. The minimum atomic E-state index is 0.0294. The maximum atomic E-state index is 9.25. The van der Waals surface area contributed by atoms with Gasteiger partial charge in [-0.05, 0) is 61.0 Å². The van der Waals surface area contributed by atoms with Crippen LogP contribution in [0, 0.1) is 18.3 Å². The Morgan fingerprint density at radius 1 is 0.792 bits per heavy atom. The molecule has 118 valence electrons. The van der Waals surface area contributed by atoms with E-state index >= 15 is 0 Å². The third-order valence-electron chi connectivity index (χ3n) is 3.92. The number of hydrogen-bond donors (Lipinski definition) is 1. The molecule has 0 amide bonds. The quantitative estimate of drug-likeness (QED) is 0.750. The lowest BCUT2D eigenvalue weighted by Crippen LogP contribution is -2.10. The van der Waals surface area contributed by atoms with E-state index in [2.05, 4.69) is 42.2 Å². The number of nitriles is 1. The molecule has 24 heavy (non-hydrogen) atoms. The van der Waals surface area contributed by atoms with Crippen LogP contribution in [0.5, 0.6) is 0 Å². The molecule has 0 fully saturated rings. The fraction of sp³-hybridized carbons (Fsp3) is 0.0952. The Morgan fingerprint density at radius 2 is 1.25 bits per heavy atom. The lowest BCUT2D eigenvalue weighted by molar-refractivity contribution is 0.282. The van der Waals surface area contributed by atoms with Crippen molar-refractivity contribution in [2.45, 2.75) is 13.5 Å². The van der Waals surface area contributed by atoms with Gasteiger partial charge in [-0.15, -0.1) is 0 Å². The molecule has 0 aromatic heterocycles. The smallest absolute Gasteiger partial charge is 0.0991 e. The van der Waals surface area contributed by atoms with Crippen LogP contribution in [-0.4, -0.2) is 5.11 Å². The molecule has 3 rings (SSSR count). The first-order valence-corrected chi connectivity index (χ1v) is 7.78. The third-order valence-corrected chi connectivity index (χ3v) is 3.92. The van der Waals surface area contributed by atoms with Crippen molar-refractivity contribution in [1.29, 1.82) is 5.26 Å². The third kappa shape index (κ3) is 3.29. The van der Waals surface area contributed by atoms with Crippen molar-refractivity contribution in [2.24, 2.45) is 0 Å². The van der Waals surface area contributed by atoms with E-state index in [0.717, 1.165) is 22.6 Å². The highest BCUT2D eigenvalue weighted by atomic mass is 16.3. The van der Waals surface area contributed by atoms with E-state index < -0.39 is 0 Å². The normalized spacial score (nSPS) is 10.2. The number of aryl methyl sites for hydroxylation is 1. The Labute approximate surface area is 142 Å². The average molecular weight is 314 g/mol. The molecule has 0 spiro atoms. The molecule has 0 saturated carbocycles. The molecular formula is C21H18N2O. The Morgan fingerprint density at radius 3 is 1.71 bits per heavy atom. The molecule has 0 aliphatic carbocycles. The van der Waals surface area contributed by atoms with E-state index in [1.54, 1.807) is 0 Å². The Bertz CT molecular complexity index is 844. The van der Waals surface area contributed by atoms with Crippen LogP contribution < -0.4 is 4.90 Å². The van der Waals surface area contributed by atoms with Gasteiger partial charge in [-0.3, -0.25) is 0 Å². The predicted molar refractivity (Wildman–Crippen MR) is 96.5 cm³/mol. The fourth-order valence-electron chi connectivity index (χ4n) is 2.58. The molecule has 0 saturated heterocycles. The number of aliphatic hydroxyl groups is 1. The summed E-state index contributed by atoms with van der Waals surface area (Å²) in [6, 6.07) is 25.8. The summed E-state index contributed by atoms with van der Waals surface area (Å²) < 4.78 is 0. The SMILES string of the molecule is Cc1ccc(N(c2ccc(C#N)cc2)c2ccc(CO)cc2)cc1. The minimum Gasteiger partial charge on any atom is -0.392 e. The zero-order chi connectivity index (χ0) is 16.9. The summed E-state index contributed by atoms with van der Waals surface area (Å²) in [5.74, 6) is 0. The number of hydrogen-bond acceptors (Lipinski definition) is 3. The van der Waals surface area contributed by atoms with Gasteiger partial charge in [-0.2, -0.15) is 5.26 Å². The second-order valence-electron chi connectivity index (χ2n) is 5.65. The number of benzene rings is 3. The van der Waals surface area contributed by atoms with Gasteiger partial charge in [0.25, 0.3) is 0 Å². The van der Waals surface area contributed by atoms with Gasteiger partial charge in [0.15, 0.2) is 0 Å². The largest absolute Gasteiger partial charge is 0.392 e. The van der Waals surface area contributed by atoms with Gasteiger partial charge < -0.3 is 10.0 Å². The summed E-state index contributed by atoms with van der Waals surface area (Å²) in [6.45, 7) is 2.09. The van der Waals surface area contributed by atoms with Crippen molar-refractivity contribution in [3.8, 4) is 6.07 Å². The van der Waals surface area contributed by atoms with Crippen molar-refractivity contribution in [3.63, 3.8) is 0 Å². The molecule has 0 aliphatic rings. The molecule has 0 bridgehead atoms. The Kier molecular flexibility index (Phi) is 4.60. The molecule has 3 nitrogen and oxygen atoms in total. The summed E-state index contributed by atoms with van der Waals surface area (Å²) in [4.78, 5) is 2.13. The summed E-state index contributed by atoms with van der Waals surface area (Å²) in [5.41, 5.74) is 5.74. The van der Waals surface area contributed by atoms with Crippen LogP contribution in [0.1, 0.15) is 16.7 Å². The molecule has 0 radical (unpaired) electrons. The van der Waals surface area contributed by atoms with Gasteiger partial charge in [0.1, 0.15) is 0 Å². The Hall–Kier alpha value is -3.09. The summed E-state index contributed by atoms with van der Waals surface area (Å²) in [5, 5.41) is 18.2. The topological polar surface area (TPSA) is 47.3 Å². The highest BCUT2D eigenvalue weighted by Crippen LogP contribution is 2.34. The number of anilines is 3. The first kappa shape index (κ1) is 15.8. The van der Waals surface area contributed by atoms with Crippen molar-refractivity contribution < 1.29 is 5.11 Å². The molecular weight excluding hydrogens is 296 g/mol. The van der Waals surface area contributed by atoms with Crippen molar-refractivity contribution >= 4 is 17.1 Å². The van der Waals surface area contributed by atoms with Gasteiger partial charge in [-0.1, -0.05) is 29.8 Å². The van der Waals surface area contributed by atoms with Crippen LogP contribution in [0.3, 0.4) is 0 Å². The maximum absolute atomic E-state index is 9.25. The second kappa shape index (κ2) is 6.99. The highest BCUT2D eigenvalue weighted by Gasteiger charge is 2.12. The van der Waals surface area contributed by atoms with E-state index in [1.165, 1.54) is 5.56 Å². The number of rotatable bonds is 4. The van der Waals surface area contributed by atoms with E-state index in [4.69, 9.17) is 5.26 Å². The van der Waals surface area contributed by atoms with Gasteiger partial charge in [-0.25, -0.2) is 0 Å². The van der Waals surface area contributed by atoms with Gasteiger partial charge in [0.2, 0.25) is 0 Å². The first-order valence-electron chi connectivity index (χ1n) is 7.78. The summed E-state index contributed by atoms with van der Waals surface area (Å²) >= 11 is 0. The van der Waals surface area contributed by atoms with Gasteiger partial charge in [0, 0.05) is 17.1 Å². The molecule has 0 aliphatic heterocycles. The Balaban J connectivity index is 2.08. The molecule has 1 N–H and O–H groups in total. The minimum absolute atomic E-state index is 0.0294. The van der Waals surface area contributed by atoms with Crippen molar-refractivity contribution in [2.75, 3.05) is 4.90 Å². The first-order chi connectivity index (χ1) is 11.7. The monoisotopic (exact) mass is 314 g/mol. The summed E-state index contributed by atoms with van der Waals surface area (Å²) in [7, 11) is 0. The maximum Gasteiger partial charge on any atom is 0.0991 e. The van der Waals surface area contributed by atoms with Crippen molar-refractivity contribution in [1.82, 2.24) is 0 Å². The molecule has 0 unspecified atom stereocenters. The van der Waals surface area contributed by atoms with Crippen LogP contribution in [0.2, 0.25) is 0 Å². The highest BCUT2D eigenvalue weighted by molar-refractivity contribution is 5.76. The lowest BCUT2D eigenvalue weighted by Gasteiger charge is -2.25. The van der Waals surface area contributed by atoms with E-state index in [9.17, 15) is 5.11 Å². The molecule has 0 atom stereocenters. The zero-order valence-corrected chi connectivity index (χ0v) is 13.5. The van der Waals surface area contributed by atoms with E-state index in [1.807, 2.05) is 48.5 Å². The van der Waals surface area contributed by atoms with Crippen molar-refractivity contribution in [3.05, 3.63) is 89.5 Å². The average Bonchev–Trinajstić information content (AvgIpc) is 2.64. The molecule has 0 heterocycles.